The van der Waals surface area contributed by atoms with Gasteiger partial charge in [-0.15, -0.1) is 0 Å². The van der Waals surface area contributed by atoms with E-state index in [1.165, 1.54) is 0 Å². The van der Waals surface area contributed by atoms with Crippen molar-refractivity contribution in [1.29, 1.82) is 0 Å². The maximum atomic E-state index is 12.4. The summed E-state index contributed by atoms with van der Waals surface area (Å²) in [5.41, 5.74) is 6.54. The molecule has 0 aromatic heterocycles. The molecule has 0 saturated heterocycles. The molecule has 0 bridgehead atoms. The fourth-order valence-corrected chi connectivity index (χ4v) is 3.43. The normalized spacial score (nSPS) is 11.7. The van der Waals surface area contributed by atoms with Crippen molar-refractivity contribution in [2.24, 2.45) is 5.10 Å². The summed E-state index contributed by atoms with van der Waals surface area (Å²) >= 11 is 5.91. The highest BCUT2D eigenvalue weighted by molar-refractivity contribution is 6.30. The predicted octanol–water partition coefficient (Wildman–Crippen LogP) is 6.50. The van der Waals surface area contributed by atoms with Crippen molar-refractivity contribution in [3.05, 3.63) is 119 Å². The molecule has 4 rings (SSSR count). The van der Waals surface area contributed by atoms with Gasteiger partial charge in [-0.05, 0) is 65.6 Å². The fraction of sp³-hybridized carbons (Fsp3) is 0.103. The summed E-state index contributed by atoms with van der Waals surface area (Å²) < 4.78 is 11.6. The minimum absolute atomic E-state index is 0.344. The zero-order chi connectivity index (χ0) is 24.5. The smallest absolute Gasteiger partial charge is 0.280 e. The zero-order valence-corrected chi connectivity index (χ0v) is 20.0. The van der Waals surface area contributed by atoms with Gasteiger partial charge in [0.25, 0.3) is 5.91 Å². The van der Waals surface area contributed by atoms with Crippen LogP contribution in [-0.2, 0) is 11.4 Å². The van der Waals surface area contributed by atoms with Crippen molar-refractivity contribution in [2.75, 3.05) is 0 Å². The van der Waals surface area contributed by atoms with Gasteiger partial charge in [-0.2, -0.15) is 5.10 Å². The lowest BCUT2D eigenvalue weighted by Gasteiger charge is -2.13. The van der Waals surface area contributed by atoms with E-state index in [-0.39, 0.29) is 5.91 Å². The first-order valence-electron chi connectivity index (χ1n) is 11.2. The number of ether oxygens (including phenoxy) is 2. The van der Waals surface area contributed by atoms with Gasteiger partial charge >= 0.3 is 0 Å². The number of nitrogens with one attached hydrogen (secondary N) is 1. The summed E-state index contributed by atoms with van der Waals surface area (Å²) in [5.74, 6) is 0.969. The van der Waals surface area contributed by atoms with Gasteiger partial charge in [0.2, 0.25) is 0 Å². The van der Waals surface area contributed by atoms with Gasteiger partial charge < -0.3 is 9.47 Å². The highest BCUT2D eigenvalue weighted by Gasteiger charge is 2.14. The lowest BCUT2D eigenvalue weighted by molar-refractivity contribution is -0.127. The van der Waals surface area contributed by atoms with Crippen molar-refractivity contribution < 1.29 is 14.3 Å². The van der Waals surface area contributed by atoms with E-state index in [1.807, 2.05) is 103 Å². The number of carbonyl (C=O) groups is 1. The number of rotatable bonds is 9. The molecule has 0 radical (unpaired) electrons. The summed E-state index contributed by atoms with van der Waals surface area (Å²) in [6, 6.07) is 32.7. The number of amides is 1. The molecule has 0 aliphatic heterocycles. The number of hydrogen-bond donors (Lipinski definition) is 1. The van der Waals surface area contributed by atoms with Crippen molar-refractivity contribution in [1.82, 2.24) is 5.43 Å². The monoisotopic (exact) mass is 484 g/mol. The van der Waals surface area contributed by atoms with Crippen molar-refractivity contribution in [2.45, 2.75) is 19.6 Å². The molecule has 6 heteroatoms. The molecule has 4 aromatic carbocycles. The van der Waals surface area contributed by atoms with Crippen LogP contribution in [0.3, 0.4) is 0 Å². The van der Waals surface area contributed by atoms with Crippen LogP contribution in [0.5, 0.6) is 11.5 Å². The minimum Gasteiger partial charge on any atom is -0.489 e. The number of nitrogens with zero attached hydrogens (tertiary/aromatic N) is 1. The van der Waals surface area contributed by atoms with Crippen molar-refractivity contribution in [3.63, 3.8) is 0 Å². The molecule has 0 saturated carbocycles. The molecule has 0 unspecified atom stereocenters. The second kappa shape index (κ2) is 11.9. The maximum Gasteiger partial charge on any atom is 0.280 e. The van der Waals surface area contributed by atoms with Crippen molar-refractivity contribution >= 4 is 23.7 Å². The van der Waals surface area contributed by atoms with Gasteiger partial charge in [-0.1, -0.05) is 78.3 Å². The van der Waals surface area contributed by atoms with Crippen LogP contribution >= 0.6 is 11.6 Å². The third kappa shape index (κ3) is 7.19. The Morgan fingerprint density at radius 3 is 2.34 bits per heavy atom. The van der Waals surface area contributed by atoms with Gasteiger partial charge in [0.05, 0.1) is 6.21 Å². The van der Waals surface area contributed by atoms with Crippen LogP contribution in [0.4, 0.5) is 0 Å². The number of halogens is 1. The first kappa shape index (κ1) is 24.0. The average Bonchev–Trinajstić information content (AvgIpc) is 2.89. The molecule has 1 amide bonds. The molecular weight excluding hydrogens is 460 g/mol. The predicted molar refractivity (Wildman–Crippen MR) is 140 cm³/mol. The van der Waals surface area contributed by atoms with E-state index in [1.54, 1.807) is 13.1 Å². The highest BCUT2D eigenvalue weighted by Crippen LogP contribution is 2.22. The lowest BCUT2D eigenvalue weighted by Crippen LogP contribution is -2.33. The van der Waals surface area contributed by atoms with E-state index in [4.69, 9.17) is 21.1 Å². The van der Waals surface area contributed by atoms with Gasteiger partial charge in [0.1, 0.15) is 18.1 Å². The Kier molecular flexibility index (Phi) is 8.15. The number of benzene rings is 4. The first-order chi connectivity index (χ1) is 17.1. The molecule has 0 fully saturated rings. The number of carbonyl (C=O) groups excluding carboxylic acids is 1. The van der Waals surface area contributed by atoms with E-state index in [0.29, 0.717) is 23.1 Å². The Balaban J connectivity index is 1.27. The quantitative estimate of drug-likeness (QED) is 0.218. The summed E-state index contributed by atoms with van der Waals surface area (Å²) in [4.78, 5) is 12.4. The molecular formula is C29H25ClN2O3. The summed E-state index contributed by atoms with van der Waals surface area (Å²) in [5, 5.41) is 4.74. The molecule has 4 aromatic rings. The fourth-order valence-electron chi connectivity index (χ4n) is 3.31. The molecule has 176 valence electrons. The molecule has 0 spiro atoms. The molecule has 1 atom stereocenters. The molecule has 35 heavy (non-hydrogen) atoms. The van der Waals surface area contributed by atoms with Gasteiger partial charge in [0, 0.05) is 5.02 Å². The molecule has 0 aliphatic rings. The Hall–Kier alpha value is -4.09. The Morgan fingerprint density at radius 2 is 1.60 bits per heavy atom. The highest BCUT2D eigenvalue weighted by atomic mass is 35.5. The van der Waals surface area contributed by atoms with Crippen LogP contribution < -0.4 is 14.9 Å². The van der Waals surface area contributed by atoms with Crippen LogP contribution in [0, 0.1) is 0 Å². The number of hydrogen-bond acceptors (Lipinski definition) is 4. The Bertz CT molecular complexity index is 1270. The summed E-state index contributed by atoms with van der Waals surface area (Å²) in [6.07, 6.45) is 0.859. The Morgan fingerprint density at radius 1 is 0.886 bits per heavy atom. The zero-order valence-electron chi connectivity index (χ0n) is 19.2. The second-order valence-corrected chi connectivity index (χ2v) is 8.31. The average molecular weight is 485 g/mol. The SMILES string of the molecule is C[C@@H](Oc1ccc(-c2ccccc2)cc1)C(=O)N/N=C\c1cccc(OCc2ccc(Cl)cc2)c1. The van der Waals surface area contributed by atoms with Crippen LogP contribution in [-0.4, -0.2) is 18.2 Å². The van der Waals surface area contributed by atoms with E-state index in [9.17, 15) is 4.79 Å². The second-order valence-electron chi connectivity index (χ2n) is 7.87. The molecule has 0 heterocycles. The van der Waals surface area contributed by atoms with E-state index >= 15 is 0 Å². The van der Waals surface area contributed by atoms with E-state index < -0.39 is 6.10 Å². The molecule has 5 nitrogen and oxygen atoms in total. The molecule has 0 aliphatic carbocycles. The topological polar surface area (TPSA) is 59.9 Å². The van der Waals surface area contributed by atoms with Gasteiger partial charge in [-0.3, -0.25) is 4.79 Å². The van der Waals surface area contributed by atoms with Gasteiger partial charge in [0.15, 0.2) is 6.10 Å². The van der Waals surface area contributed by atoms with E-state index in [2.05, 4.69) is 10.5 Å². The molecule has 1 N–H and O–H groups in total. The van der Waals surface area contributed by atoms with Crippen LogP contribution in [0.2, 0.25) is 5.02 Å². The third-order valence-corrected chi connectivity index (χ3v) is 5.46. The van der Waals surface area contributed by atoms with E-state index in [0.717, 1.165) is 22.3 Å². The largest absolute Gasteiger partial charge is 0.489 e. The van der Waals surface area contributed by atoms with Gasteiger partial charge in [-0.25, -0.2) is 5.43 Å². The lowest BCUT2D eigenvalue weighted by atomic mass is 10.1. The third-order valence-electron chi connectivity index (χ3n) is 5.21. The minimum atomic E-state index is -0.705. The summed E-state index contributed by atoms with van der Waals surface area (Å²) in [7, 11) is 0. The van der Waals surface area contributed by atoms with Crippen molar-refractivity contribution in [3.8, 4) is 22.6 Å². The van der Waals surface area contributed by atoms with Crippen LogP contribution in [0.15, 0.2) is 108 Å². The first-order valence-corrected chi connectivity index (χ1v) is 11.6. The Labute approximate surface area is 210 Å². The number of hydrazone groups is 1. The maximum absolute atomic E-state index is 12.4. The van der Waals surface area contributed by atoms with Crippen LogP contribution in [0.1, 0.15) is 18.1 Å². The van der Waals surface area contributed by atoms with Crippen LogP contribution in [0.25, 0.3) is 11.1 Å². The summed E-state index contributed by atoms with van der Waals surface area (Å²) in [6.45, 7) is 2.11. The standard InChI is InChI=1S/C29H25ClN2O3/c1-21(35-27-16-12-25(13-17-27)24-7-3-2-4-8-24)29(33)32-31-19-23-6-5-9-28(18-23)34-20-22-10-14-26(30)15-11-22/h2-19,21H,20H2,1H3,(H,32,33)/b31-19-/t21-/m1/s1.